The molecule has 1 aromatic heterocycles. The van der Waals surface area contributed by atoms with Crippen molar-refractivity contribution in [2.75, 3.05) is 6.54 Å². The smallest absolute Gasteiger partial charge is 0.0767 e. The molecule has 1 rings (SSSR count). The van der Waals surface area contributed by atoms with Gasteiger partial charge in [-0.3, -0.25) is 4.68 Å². The summed E-state index contributed by atoms with van der Waals surface area (Å²) in [6.07, 6.45) is 9.09. The zero-order chi connectivity index (χ0) is 14.1. The first-order chi connectivity index (χ1) is 9.20. The first-order valence-corrected chi connectivity index (χ1v) is 8.40. The molecule has 0 amide bonds. The van der Waals surface area contributed by atoms with Crippen LogP contribution < -0.4 is 5.32 Å². The lowest BCUT2D eigenvalue weighted by Crippen LogP contribution is -2.17. The molecule has 0 aliphatic carbocycles. The lowest BCUT2D eigenvalue weighted by molar-refractivity contribution is 0.559. The van der Waals surface area contributed by atoms with Crippen LogP contribution in [0.15, 0.2) is 4.47 Å². The molecule has 110 valence electrons. The van der Waals surface area contributed by atoms with Gasteiger partial charge in [0.25, 0.3) is 0 Å². The molecule has 0 aliphatic heterocycles. The third kappa shape index (κ3) is 5.65. The largest absolute Gasteiger partial charge is 0.311 e. The maximum Gasteiger partial charge on any atom is 0.0767 e. The summed E-state index contributed by atoms with van der Waals surface area (Å²) >= 11 is 3.65. The van der Waals surface area contributed by atoms with Crippen LogP contribution in [0.1, 0.15) is 63.8 Å². The van der Waals surface area contributed by atoms with Crippen molar-refractivity contribution in [3.05, 3.63) is 15.9 Å². The van der Waals surface area contributed by atoms with Gasteiger partial charge in [-0.2, -0.15) is 5.10 Å². The van der Waals surface area contributed by atoms with Crippen molar-refractivity contribution in [1.29, 1.82) is 0 Å². The van der Waals surface area contributed by atoms with Crippen molar-refractivity contribution in [2.45, 2.75) is 65.3 Å². The molecule has 0 unspecified atom stereocenters. The highest BCUT2D eigenvalue weighted by Gasteiger charge is 2.11. The van der Waals surface area contributed by atoms with Crippen LogP contribution in [0.5, 0.6) is 0 Å². The summed E-state index contributed by atoms with van der Waals surface area (Å²) in [6.45, 7) is 6.41. The van der Waals surface area contributed by atoms with E-state index in [1.165, 1.54) is 48.7 Å². The Morgan fingerprint density at radius 2 is 1.79 bits per heavy atom. The lowest BCUT2D eigenvalue weighted by atomic mass is 10.1. The summed E-state index contributed by atoms with van der Waals surface area (Å²) in [7, 11) is 2.02. The monoisotopic (exact) mass is 329 g/mol. The normalized spacial score (nSPS) is 11.2. The van der Waals surface area contributed by atoms with Crippen LogP contribution in [0.3, 0.4) is 0 Å². The van der Waals surface area contributed by atoms with Crippen molar-refractivity contribution in [1.82, 2.24) is 15.1 Å². The Hall–Kier alpha value is -0.350. The second kappa shape index (κ2) is 9.54. The van der Waals surface area contributed by atoms with E-state index >= 15 is 0 Å². The van der Waals surface area contributed by atoms with E-state index in [1.807, 2.05) is 11.7 Å². The number of halogens is 1. The standard InChI is InChI=1S/C15H28BrN3/c1-4-6-7-8-9-10-11-17-12-14-15(16)13(5-2)18-19(14)3/h17H,4-12H2,1-3H3. The highest BCUT2D eigenvalue weighted by atomic mass is 79.9. The fraction of sp³-hybridized carbons (Fsp3) is 0.800. The van der Waals surface area contributed by atoms with Crippen LogP contribution in [0.25, 0.3) is 0 Å². The summed E-state index contributed by atoms with van der Waals surface area (Å²) in [4.78, 5) is 0. The molecule has 0 saturated carbocycles. The average Bonchev–Trinajstić information content (AvgIpc) is 2.68. The predicted molar refractivity (Wildman–Crippen MR) is 85.4 cm³/mol. The molecule has 19 heavy (non-hydrogen) atoms. The zero-order valence-corrected chi connectivity index (χ0v) is 14.2. The number of unbranched alkanes of at least 4 members (excludes halogenated alkanes) is 5. The number of aryl methyl sites for hydroxylation is 2. The van der Waals surface area contributed by atoms with E-state index < -0.39 is 0 Å². The van der Waals surface area contributed by atoms with Gasteiger partial charge in [-0.05, 0) is 35.3 Å². The summed E-state index contributed by atoms with van der Waals surface area (Å²) in [6, 6.07) is 0. The Labute approximate surface area is 126 Å². The molecular formula is C15H28BrN3. The predicted octanol–water partition coefficient (Wildman–Crippen LogP) is 4.20. The Morgan fingerprint density at radius 1 is 1.11 bits per heavy atom. The van der Waals surface area contributed by atoms with Crippen molar-refractivity contribution >= 4 is 15.9 Å². The minimum atomic E-state index is 0.902. The molecule has 1 N–H and O–H groups in total. The van der Waals surface area contributed by atoms with Crippen molar-refractivity contribution in [3.8, 4) is 0 Å². The van der Waals surface area contributed by atoms with Crippen molar-refractivity contribution < 1.29 is 0 Å². The Morgan fingerprint density at radius 3 is 2.42 bits per heavy atom. The third-order valence-corrected chi connectivity index (χ3v) is 4.42. The van der Waals surface area contributed by atoms with Crippen LogP contribution >= 0.6 is 15.9 Å². The molecule has 0 spiro atoms. The second-order valence-electron chi connectivity index (χ2n) is 5.13. The van der Waals surface area contributed by atoms with Gasteiger partial charge in [-0.1, -0.05) is 46.0 Å². The second-order valence-corrected chi connectivity index (χ2v) is 5.92. The molecule has 0 fully saturated rings. The van der Waals surface area contributed by atoms with Crippen LogP contribution in [-0.4, -0.2) is 16.3 Å². The van der Waals surface area contributed by atoms with E-state index in [0.29, 0.717) is 0 Å². The molecular weight excluding hydrogens is 302 g/mol. The van der Waals surface area contributed by atoms with Gasteiger partial charge in [0.2, 0.25) is 0 Å². The van der Waals surface area contributed by atoms with E-state index in [-0.39, 0.29) is 0 Å². The maximum absolute atomic E-state index is 4.51. The van der Waals surface area contributed by atoms with Crippen LogP contribution in [0.2, 0.25) is 0 Å². The van der Waals surface area contributed by atoms with Gasteiger partial charge in [0.15, 0.2) is 0 Å². The van der Waals surface area contributed by atoms with Gasteiger partial charge in [-0.15, -0.1) is 0 Å². The number of nitrogens with zero attached hydrogens (tertiary/aromatic N) is 2. The Kier molecular flexibility index (Phi) is 8.38. The minimum absolute atomic E-state index is 0.902. The summed E-state index contributed by atoms with van der Waals surface area (Å²) < 4.78 is 3.16. The van der Waals surface area contributed by atoms with Gasteiger partial charge in [-0.25, -0.2) is 0 Å². The fourth-order valence-corrected chi connectivity index (χ4v) is 3.01. The third-order valence-electron chi connectivity index (χ3n) is 3.50. The summed E-state index contributed by atoms with van der Waals surface area (Å²) in [5.74, 6) is 0. The zero-order valence-electron chi connectivity index (χ0n) is 12.6. The van der Waals surface area contributed by atoms with Crippen LogP contribution in [0.4, 0.5) is 0 Å². The van der Waals surface area contributed by atoms with Gasteiger partial charge < -0.3 is 5.32 Å². The minimum Gasteiger partial charge on any atom is -0.311 e. The highest BCUT2D eigenvalue weighted by Crippen LogP contribution is 2.21. The van der Waals surface area contributed by atoms with E-state index in [0.717, 1.165) is 25.2 Å². The molecule has 0 atom stereocenters. The van der Waals surface area contributed by atoms with E-state index in [1.54, 1.807) is 0 Å². The first kappa shape index (κ1) is 16.7. The number of hydrogen-bond donors (Lipinski definition) is 1. The van der Waals surface area contributed by atoms with Gasteiger partial charge in [0.05, 0.1) is 15.9 Å². The molecule has 4 heteroatoms. The van der Waals surface area contributed by atoms with Gasteiger partial charge in [0, 0.05) is 13.6 Å². The quantitative estimate of drug-likeness (QED) is 0.652. The number of hydrogen-bond acceptors (Lipinski definition) is 2. The number of aromatic nitrogens is 2. The first-order valence-electron chi connectivity index (χ1n) is 7.61. The molecule has 0 saturated heterocycles. The topological polar surface area (TPSA) is 29.9 Å². The summed E-state index contributed by atoms with van der Waals surface area (Å²) in [5, 5.41) is 8.03. The van der Waals surface area contributed by atoms with Crippen molar-refractivity contribution in [3.63, 3.8) is 0 Å². The van der Waals surface area contributed by atoms with E-state index in [2.05, 4.69) is 40.2 Å². The lowest BCUT2D eigenvalue weighted by Gasteiger charge is -2.06. The van der Waals surface area contributed by atoms with Gasteiger partial charge in [0.1, 0.15) is 0 Å². The SMILES string of the molecule is CCCCCCCCNCc1c(Br)c(CC)nn1C. The van der Waals surface area contributed by atoms with Crippen molar-refractivity contribution in [2.24, 2.45) is 7.05 Å². The van der Waals surface area contributed by atoms with Crippen LogP contribution in [0, 0.1) is 0 Å². The maximum atomic E-state index is 4.51. The number of rotatable bonds is 10. The molecule has 3 nitrogen and oxygen atoms in total. The van der Waals surface area contributed by atoms with E-state index in [4.69, 9.17) is 0 Å². The Balaban J connectivity index is 2.17. The molecule has 0 aromatic carbocycles. The van der Waals surface area contributed by atoms with Crippen LogP contribution in [-0.2, 0) is 20.0 Å². The van der Waals surface area contributed by atoms with E-state index in [9.17, 15) is 0 Å². The molecule has 1 aromatic rings. The average molecular weight is 330 g/mol. The number of nitrogens with one attached hydrogen (secondary N) is 1. The fourth-order valence-electron chi connectivity index (χ4n) is 2.25. The highest BCUT2D eigenvalue weighted by molar-refractivity contribution is 9.10. The summed E-state index contributed by atoms with van der Waals surface area (Å²) in [5.41, 5.74) is 2.40. The Bertz CT molecular complexity index is 361. The van der Waals surface area contributed by atoms with Gasteiger partial charge >= 0.3 is 0 Å². The molecule has 1 heterocycles. The molecule has 0 bridgehead atoms. The molecule has 0 radical (unpaired) electrons. The molecule has 0 aliphatic rings.